The number of likely N-dealkylation sites (tertiary alicyclic amines) is 1. The largest absolute Gasteiger partial charge is 0.469 e. The summed E-state index contributed by atoms with van der Waals surface area (Å²) in [6, 6.07) is 7.12. The van der Waals surface area contributed by atoms with Crippen molar-refractivity contribution in [1.29, 1.82) is 0 Å². The van der Waals surface area contributed by atoms with Crippen molar-refractivity contribution >= 4 is 23.5 Å². The first-order chi connectivity index (χ1) is 13.1. The third-order valence-electron chi connectivity index (χ3n) is 4.35. The van der Waals surface area contributed by atoms with E-state index in [1.807, 2.05) is 6.92 Å². The molecule has 1 amide bonds. The number of amides is 1. The number of esters is 1. The fourth-order valence-corrected chi connectivity index (χ4v) is 2.95. The van der Waals surface area contributed by atoms with Crippen molar-refractivity contribution in [2.75, 3.05) is 38.6 Å². The smallest absolute Gasteiger partial charge is 0.308 e. The Balaban J connectivity index is 1.93. The van der Waals surface area contributed by atoms with Crippen LogP contribution in [0.3, 0.4) is 0 Å². The van der Waals surface area contributed by atoms with Crippen molar-refractivity contribution in [3.63, 3.8) is 0 Å². The fraction of sp³-hybridized carbons (Fsp3) is 0.450. The number of terminal acetylenes is 1. The Labute approximate surface area is 160 Å². The van der Waals surface area contributed by atoms with E-state index in [0.29, 0.717) is 49.7 Å². The van der Waals surface area contributed by atoms with Crippen molar-refractivity contribution < 1.29 is 14.3 Å². The van der Waals surface area contributed by atoms with Crippen molar-refractivity contribution in [2.45, 2.75) is 19.8 Å². The van der Waals surface area contributed by atoms with Gasteiger partial charge in [0.2, 0.25) is 5.91 Å². The number of guanidine groups is 1. The zero-order valence-corrected chi connectivity index (χ0v) is 15.8. The molecule has 0 bridgehead atoms. The number of carbonyl (C=O) groups excluding carboxylic acids is 2. The fourth-order valence-electron chi connectivity index (χ4n) is 2.95. The SMILES string of the molecule is C#Cc1cccc(NC(=O)CN=C(NCC)N2CCC(C(=O)OC)CC2)c1. The summed E-state index contributed by atoms with van der Waals surface area (Å²) in [6.45, 7) is 4.05. The molecule has 1 aliphatic rings. The van der Waals surface area contributed by atoms with Crippen LogP contribution in [0.1, 0.15) is 25.3 Å². The number of carbonyl (C=O) groups is 2. The Bertz CT molecular complexity index is 731. The lowest BCUT2D eigenvalue weighted by Crippen LogP contribution is -2.47. The zero-order chi connectivity index (χ0) is 19.6. The number of anilines is 1. The highest BCUT2D eigenvalue weighted by molar-refractivity contribution is 5.94. The molecule has 27 heavy (non-hydrogen) atoms. The first-order valence-corrected chi connectivity index (χ1v) is 9.05. The molecule has 0 saturated carbocycles. The van der Waals surface area contributed by atoms with E-state index in [4.69, 9.17) is 11.2 Å². The van der Waals surface area contributed by atoms with Crippen LogP contribution in [0, 0.1) is 18.3 Å². The third kappa shape index (κ3) is 6.03. The number of benzene rings is 1. The molecule has 0 radical (unpaired) electrons. The van der Waals surface area contributed by atoms with Crippen LogP contribution in [-0.4, -0.2) is 56.0 Å². The second-order valence-corrected chi connectivity index (χ2v) is 6.23. The van der Waals surface area contributed by atoms with E-state index in [9.17, 15) is 9.59 Å². The maximum atomic E-state index is 12.2. The maximum absolute atomic E-state index is 12.2. The van der Waals surface area contributed by atoms with Crippen molar-refractivity contribution in [3.05, 3.63) is 29.8 Å². The highest BCUT2D eigenvalue weighted by Gasteiger charge is 2.27. The molecule has 0 aliphatic carbocycles. The zero-order valence-electron chi connectivity index (χ0n) is 15.8. The topological polar surface area (TPSA) is 83.0 Å². The molecule has 1 aliphatic heterocycles. The summed E-state index contributed by atoms with van der Waals surface area (Å²) < 4.78 is 4.82. The molecule has 2 N–H and O–H groups in total. The minimum Gasteiger partial charge on any atom is -0.469 e. The molecular weight excluding hydrogens is 344 g/mol. The van der Waals surface area contributed by atoms with E-state index >= 15 is 0 Å². The normalized spacial score (nSPS) is 15.0. The summed E-state index contributed by atoms with van der Waals surface area (Å²) in [5, 5.41) is 6.00. The third-order valence-corrected chi connectivity index (χ3v) is 4.35. The van der Waals surface area contributed by atoms with Gasteiger partial charge in [0, 0.05) is 30.9 Å². The quantitative estimate of drug-likeness (QED) is 0.355. The second kappa shape index (κ2) is 10.2. The van der Waals surface area contributed by atoms with Crippen LogP contribution in [-0.2, 0) is 14.3 Å². The van der Waals surface area contributed by atoms with Gasteiger partial charge >= 0.3 is 5.97 Å². The number of hydrogen-bond donors (Lipinski definition) is 2. The van der Waals surface area contributed by atoms with E-state index in [1.165, 1.54) is 7.11 Å². The number of nitrogens with zero attached hydrogens (tertiary/aromatic N) is 2. The highest BCUT2D eigenvalue weighted by Crippen LogP contribution is 2.18. The lowest BCUT2D eigenvalue weighted by Gasteiger charge is -2.33. The van der Waals surface area contributed by atoms with Crippen molar-refractivity contribution in [2.24, 2.45) is 10.9 Å². The second-order valence-electron chi connectivity index (χ2n) is 6.23. The van der Waals surface area contributed by atoms with Crippen LogP contribution < -0.4 is 10.6 Å². The standard InChI is InChI=1S/C20H26N4O3/c1-4-15-7-6-8-17(13-15)23-18(25)14-22-20(21-5-2)24-11-9-16(10-12-24)19(26)27-3/h1,6-8,13,16H,5,9-12,14H2,2-3H3,(H,21,22)(H,23,25). The molecule has 144 valence electrons. The Morgan fingerprint density at radius 2 is 2.11 bits per heavy atom. The molecule has 0 atom stereocenters. The van der Waals surface area contributed by atoms with Gasteiger partial charge in [-0.1, -0.05) is 12.0 Å². The average Bonchev–Trinajstić information content (AvgIpc) is 2.70. The van der Waals surface area contributed by atoms with Crippen LogP contribution in [0.5, 0.6) is 0 Å². The Kier molecular flexibility index (Phi) is 7.68. The summed E-state index contributed by atoms with van der Waals surface area (Å²) in [4.78, 5) is 30.4. The van der Waals surface area contributed by atoms with Crippen LogP contribution >= 0.6 is 0 Å². The van der Waals surface area contributed by atoms with Crippen LogP contribution in [0.2, 0.25) is 0 Å². The molecule has 1 aromatic carbocycles. The molecule has 7 nitrogen and oxygen atoms in total. The predicted octanol–water partition coefficient (Wildman–Crippen LogP) is 1.46. The summed E-state index contributed by atoms with van der Waals surface area (Å²) in [7, 11) is 1.41. The average molecular weight is 370 g/mol. The molecule has 1 saturated heterocycles. The number of piperidine rings is 1. The predicted molar refractivity (Wildman–Crippen MR) is 105 cm³/mol. The first kappa shape index (κ1) is 20.3. The molecule has 1 aromatic rings. The molecule has 2 rings (SSSR count). The molecule has 7 heteroatoms. The van der Waals surface area contributed by atoms with Crippen molar-refractivity contribution in [3.8, 4) is 12.3 Å². The van der Waals surface area contributed by atoms with E-state index in [-0.39, 0.29) is 24.3 Å². The first-order valence-electron chi connectivity index (χ1n) is 9.05. The molecular formula is C20H26N4O3. The maximum Gasteiger partial charge on any atom is 0.308 e. The van der Waals surface area contributed by atoms with E-state index in [0.717, 1.165) is 0 Å². The number of hydrogen-bond acceptors (Lipinski definition) is 4. The number of ether oxygens (including phenoxy) is 1. The van der Waals surface area contributed by atoms with E-state index in [1.54, 1.807) is 24.3 Å². The molecule has 1 heterocycles. The number of nitrogens with one attached hydrogen (secondary N) is 2. The van der Waals surface area contributed by atoms with Crippen LogP contribution in [0.4, 0.5) is 5.69 Å². The van der Waals surface area contributed by atoms with Gasteiger partial charge in [-0.15, -0.1) is 6.42 Å². The van der Waals surface area contributed by atoms with E-state index in [2.05, 4.69) is 26.4 Å². The summed E-state index contributed by atoms with van der Waals surface area (Å²) >= 11 is 0. The minimum absolute atomic E-state index is 0.000452. The van der Waals surface area contributed by atoms with Gasteiger partial charge in [0.25, 0.3) is 0 Å². The number of methoxy groups -OCH3 is 1. The molecule has 1 fully saturated rings. The van der Waals surface area contributed by atoms with Gasteiger partial charge < -0.3 is 20.3 Å². The summed E-state index contributed by atoms with van der Waals surface area (Å²) in [5.41, 5.74) is 1.35. The summed E-state index contributed by atoms with van der Waals surface area (Å²) in [6.07, 6.45) is 6.79. The van der Waals surface area contributed by atoms with Gasteiger partial charge in [0.05, 0.1) is 13.0 Å². The van der Waals surface area contributed by atoms with Gasteiger partial charge in [-0.05, 0) is 38.0 Å². The van der Waals surface area contributed by atoms with Gasteiger partial charge in [-0.3, -0.25) is 9.59 Å². The molecule has 0 spiro atoms. The van der Waals surface area contributed by atoms with Crippen molar-refractivity contribution in [1.82, 2.24) is 10.2 Å². The molecule has 0 aromatic heterocycles. The van der Waals surface area contributed by atoms with E-state index < -0.39 is 0 Å². The number of aliphatic imine (C=N–C) groups is 1. The Hall–Kier alpha value is -3.01. The summed E-state index contributed by atoms with van der Waals surface area (Å²) in [5.74, 6) is 2.76. The van der Waals surface area contributed by atoms with Crippen LogP contribution in [0.15, 0.2) is 29.3 Å². The highest BCUT2D eigenvalue weighted by atomic mass is 16.5. The monoisotopic (exact) mass is 370 g/mol. The lowest BCUT2D eigenvalue weighted by molar-refractivity contribution is -0.146. The van der Waals surface area contributed by atoms with Gasteiger partial charge in [0.1, 0.15) is 6.54 Å². The minimum atomic E-state index is -0.218. The van der Waals surface area contributed by atoms with Gasteiger partial charge in [-0.25, -0.2) is 4.99 Å². The Morgan fingerprint density at radius 1 is 1.37 bits per heavy atom. The number of rotatable bonds is 5. The van der Waals surface area contributed by atoms with Gasteiger partial charge in [0.15, 0.2) is 5.96 Å². The van der Waals surface area contributed by atoms with Gasteiger partial charge in [-0.2, -0.15) is 0 Å². The van der Waals surface area contributed by atoms with Crippen LogP contribution in [0.25, 0.3) is 0 Å². The molecule has 0 unspecified atom stereocenters. The lowest BCUT2D eigenvalue weighted by atomic mass is 9.97. The Morgan fingerprint density at radius 3 is 2.74 bits per heavy atom.